The molecule has 0 bridgehead atoms. The lowest BCUT2D eigenvalue weighted by Crippen LogP contribution is -2.65. The lowest BCUT2D eigenvalue weighted by Gasteiger charge is -2.41. The zero-order valence-corrected chi connectivity index (χ0v) is 27.3. The summed E-state index contributed by atoms with van der Waals surface area (Å²) in [6.07, 6.45) is 1.50. The number of aryl methyl sites for hydroxylation is 1. The van der Waals surface area contributed by atoms with Gasteiger partial charge in [-0.05, 0) is 53.2 Å². The Balaban J connectivity index is 1.67. The van der Waals surface area contributed by atoms with Crippen LogP contribution in [-0.2, 0) is 25.5 Å². The Hall–Kier alpha value is -4.12. The Bertz CT molecular complexity index is 1540. The van der Waals surface area contributed by atoms with Gasteiger partial charge in [0.05, 0.1) is 24.9 Å². The summed E-state index contributed by atoms with van der Waals surface area (Å²) in [5.74, 6) is -1.88. The van der Waals surface area contributed by atoms with Crippen LogP contribution in [0.1, 0.15) is 56.1 Å². The molecule has 1 heterocycles. The molecule has 4 rings (SSSR count). The van der Waals surface area contributed by atoms with Crippen LogP contribution in [0.2, 0.25) is 5.04 Å². The number of hydrogen-bond acceptors (Lipinski definition) is 8. The zero-order valence-electron chi connectivity index (χ0n) is 25.5. The number of rotatable bonds is 13. The van der Waals surface area contributed by atoms with Gasteiger partial charge in [-0.25, -0.2) is 9.78 Å². The lowest BCUT2D eigenvalue weighted by molar-refractivity contribution is -0.143. The summed E-state index contributed by atoms with van der Waals surface area (Å²) in [5, 5.41) is 1.74. The number of thiazole rings is 1. The molecule has 8 nitrogen and oxygen atoms in total. The Kier molecular flexibility index (Phi) is 10.9. The highest BCUT2D eigenvalue weighted by Gasteiger charge is 2.49. The number of carbonyl (C=O) groups excluding carboxylic acids is 3. The molecule has 0 aliphatic carbocycles. The molecule has 0 radical (unpaired) electrons. The maximum atomic E-state index is 13.6. The summed E-state index contributed by atoms with van der Waals surface area (Å²) in [6.45, 7) is 6.10. The highest BCUT2D eigenvalue weighted by atomic mass is 32.1. The number of amides is 1. The van der Waals surface area contributed by atoms with E-state index in [0.29, 0.717) is 24.9 Å². The van der Waals surface area contributed by atoms with Crippen LogP contribution >= 0.6 is 11.3 Å². The minimum Gasteiger partial charge on any atom is -0.469 e. The number of esters is 2. The highest BCUT2D eigenvalue weighted by Crippen LogP contribution is 2.41. The van der Waals surface area contributed by atoms with Crippen LogP contribution in [0.15, 0.2) is 90.4 Å². The standard InChI is InChI=1S/C34H38N2O6SSi/c1-5-42-33(39)31-32(43-24-35-31)36(29(37)23-30(38)41-4)28-21-13-12-15-25(28)16-14-22-34(2,3)44(40,26-17-8-6-9-18-26)27-19-10-7-11-20-27/h6-13,15,17-21,24,40H,5,14,16,22-23H2,1-4H3. The summed E-state index contributed by atoms with van der Waals surface area (Å²) in [7, 11) is -1.96. The number of nitrogens with zero attached hydrogens (tertiary/aromatic N) is 2. The van der Waals surface area contributed by atoms with Crippen molar-refractivity contribution >= 4 is 58.6 Å². The van der Waals surface area contributed by atoms with E-state index in [0.717, 1.165) is 27.3 Å². The van der Waals surface area contributed by atoms with Crippen molar-refractivity contribution in [3.63, 3.8) is 0 Å². The number of methoxy groups -OCH3 is 1. The second-order valence-corrected chi connectivity index (χ2v) is 15.8. The molecule has 0 atom stereocenters. The van der Waals surface area contributed by atoms with Gasteiger partial charge in [0.2, 0.25) is 5.91 Å². The number of benzene rings is 3. The molecule has 230 valence electrons. The van der Waals surface area contributed by atoms with E-state index in [9.17, 15) is 19.2 Å². The molecule has 3 aromatic carbocycles. The molecule has 0 aliphatic rings. The van der Waals surface area contributed by atoms with Crippen LogP contribution in [0.5, 0.6) is 0 Å². The second-order valence-electron chi connectivity index (χ2n) is 11.0. The van der Waals surface area contributed by atoms with E-state index in [1.165, 1.54) is 17.5 Å². The van der Waals surface area contributed by atoms with Crippen molar-refractivity contribution in [2.45, 2.75) is 51.5 Å². The van der Waals surface area contributed by atoms with Crippen LogP contribution in [0.25, 0.3) is 0 Å². The van der Waals surface area contributed by atoms with Gasteiger partial charge >= 0.3 is 11.9 Å². The molecule has 0 fully saturated rings. The number of para-hydroxylation sites is 1. The number of carbonyl (C=O) groups is 3. The molecule has 0 saturated heterocycles. The number of aromatic nitrogens is 1. The molecular weight excluding hydrogens is 593 g/mol. The molecule has 0 saturated carbocycles. The first kappa shape index (κ1) is 32.8. The average molecular weight is 631 g/mol. The smallest absolute Gasteiger partial charge is 0.360 e. The van der Waals surface area contributed by atoms with Crippen molar-refractivity contribution in [2.24, 2.45) is 0 Å². The molecular formula is C34H38N2O6SSi. The van der Waals surface area contributed by atoms with E-state index in [4.69, 9.17) is 9.47 Å². The van der Waals surface area contributed by atoms with E-state index in [1.54, 1.807) is 13.0 Å². The molecule has 1 amide bonds. The number of ether oxygens (including phenoxy) is 2. The van der Waals surface area contributed by atoms with Gasteiger partial charge in [0.15, 0.2) is 5.69 Å². The zero-order chi connectivity index (χ0) is 31.7. The second kappa shape index (κ2) is 14.6. The Morgan fingerprint density at radius 3 is 2.11 bits per heavy atom. The first-order valence-corrected chi connectivity index (χ1v) is 17.4. The Morgan fingerprint density at radius 1 is 0.932 bits per heavy atom. The van der Waals surface area contributed by atoms with Crippen molar-refractivity contribution in [3.05, 3.63) is 102 Å². The van der Waals surface area contributed by atoms with Crippen molar-refractivity contribution in [3.8, 4) is 0 Å². The van der Waals surface area contributed by atoms with Gasteiger partial charge in [0, 0.05) is 0 Å². The lowest BCUT2D eigenvalue weighted by atomic mass is 10.00. The Morgan fingerprint density at radius 2 is 1.52 bits per heavy atom. The first-order chi connectivity index (χ1) is 21.1. The predicted octanol–water partition coefficient (Wildman–Crippen LogP) is 5.40. The van der Waals surface area contributed by atoms with Crippen LogP contribution < -0.4 is 15.3 Å². The molecule has 4 aromatic rings. The third-order valence-electron chi connectivity index (χ3n) is 7.84. The van der Waals surface area contributed by atoms with Crippen molar-refractivity contribution in [1.82, 2.24) is 4.98 Å². The fourth-order valence-corrected chi connectivity index (χ4v) is 10.1. The fraction of sp³-hybridized carbons (Fsp3) is 0.294. The first-order valence-electron chi connectivity index (χ1n) is 14.6. The van der Waals surface area contributed by atoms with E-state index >= 15 is 0 Å². The molecule has 10 heteroatoms. The molecule has 0 aliphatic heterocycles. The molecule has 1 aromatic heterocycles. The summed E-state index contributed by atoms with van der Waals surface area (Å²) >= 11 is 1.12. The molecule has 0 unspecified atom stereocenters. The predicted molar refractivity (Wildman–Crippen MR) is 175 cm³/mol. The largest absolute Gasteiger partial charge is 0.469 e. The van der Waals surface area contributed by atoms with Gasteiger partial charge in [0.1, 0.15) is 11.4 Å². The maximum Gasteiger partial charge on any atom is 0.360 e. The Labute approximate surface area is 263 Å². The summed E-state index contributed by atoms with van der Waals surface area (Å²) < 4.78 is 9.96. The summed E-state index contributed by atoms with van der Waals surface area (Å²) in [6, 6.07) is 27.2. The van der Waals surface area contributed by atoms with E-state index < -0.39 is 37.6 Å². The van der Waals surface area contributed by atoms with E-state index in [-0.39, 0.29) is 17.3 Å². The molecule has 0 spiro atoms. The van der Waals surface area contributed by atoms with Crippen LogP contribution in [0, 0.1) is 0 Å². The van der Waals surface area contributed by atoms with E-state index in [1.807, 2.05) is 78.9 Å². The van der Waals surface area contributed by atoms with Gasteiger partial charge < -0.3 is 14.3 Å². The van der Waals surface area contributed by atoms with Gasteiger partial charge in [-0.15, -0.1) is 11.3 Å². The average Bonchev–Trinajstić information content (AvgIpc) is 3.52. The third-order valence-corrected chi connectivity index (χ3v) is 13.2. The molecule has 44 heavy (non-hydrogen) atoms. The van der Waals surface area contributed by atoms with Gasteiger partial charge in [-0.3, -0.25) is 14.5 Å². The van der Waals surface area contributed by atoms with Crippen LogP contribution in [0.3, 0.4) is 0 Å². The van der Waals surface area contributed by atoms with Crippen LogP contribution in [0.4, 0.5) is 10.7 Å². The fourth-order valence-electron chi connectivity index (χ4n) is 5.52. The minimum atomic E-state index is -3.19. The van der Waals surface area contributed by atoms with Crippen molar-refractivity contribution < 1.29 is 28.7 Å². The topological polar surface area (TPSA) is 106 Å². The highest BCUT2D eigenvalue weighted by molar-refractivity contribution is 7.14. The van der Waals surface area contributed by atoms with Gasteiger partial charge in [0.25, 0.3) is 8.32 Å². The normalized spacial score (nSPS) is 11.6. The number of anilines is 2. The number of hydrogen-bond donors (Lipinski definition) is 1. The quantitative estimate of drug-likeness (QED) is 0.120. The van der Waals surface area contributed by atoms with Gasteiger partial charge in [-0.2, -0.15) is 0 Å². The van der Waals surface area contributed by atoms with E-state index in [2.05, 4.69) is 18.8 Å². The third kappa shape index (κ3) is 6.98. The summed E-state index contributed by atoms with van der Waals surface area (Å²) in [5.41, 5.74) is 2.89. The maximum absolute atomic E-state index is 13.6. The van der Waals surface area contributed by atoms with Crippen LogP contribution in [-0.4, -0.2) is 49.7 Å². The van der Waals surface area contributed by atoms with Crippen molar-refractivity contribution in [1.29, 1.82) is 0 Å². The SMILES string of the molecule is CCOC(=O)c1ncsc1N(C(=O)CC(=O)OC)c1ccccc1CCCC(C)(C)[Si](O)(c1ccccc1)c1ccccc1. The summed E-state index contributed by atoms with van der Waals surface area (Å²) in [4.78, 5) is 56.6. The van der Waals surface area contributed by atoms with Crippen molar-refractivity contribution in [2.75, 3.05) is 18.6 Å². The monoisotopic (exact) mass is 630 g/mol. The minimum absolute atomic E-state index is 0.00721. The molecule has 1 N–H and O–H groups in total. The van der Waals surface area contributed by atoms with Gasteiger partial charge in [-0.1, -0.05) is 92.7 Å².